The summed E-state index contributed by atoms with van der Waals surface area (Å²) >= 11 is 0. The molecule has 1 aliphatic rings. The summed E-state index contributed by atoms with van der Waals surface area (Å²) in [6, 6.07) is 9.52. The SMILES string of the molecule is COCCN(C)C1CCc2ccccc2C1. The summed E-state index contributed by atoms with van der Waals surface area (Å²) in [5.74, 6) is 0. The summed E-state index contributed by atoms with van der Waals surface area (Å²) in [5, 5.41) is 0. The van der Waals surface area contributed by atoms with Gasteiger partial charge in [-0.2, -0.15) is 0 Å². The zero-order valence-corrected chi connectivity index (χ0v) is 10.3. The van der Waals surface area contributed by atoms with Gasteiger partial charge in [-0.1, -0.05) is 24.3 Å². The molecule has 0 amide bonds. The number of aryl methyl sites for hydroxylation is 1. The highest BCUT2D eigenvalue weighted by Crippen LogP contribution is 2.23. The number of likely N-dealkylation sites (N-methyl/N-ethyl adjacent to an activating group) is 1. The normalized spacial score (nSPS) is 19.8. The number of benzene rings is 1. The average molecular weight is 219 g/mol. The standard InChI is InChI=1S/C14H21NO/c1-15(9-10-16-2)14-8-7-12-5-3-4-6-13(12)11-14/h3-6,14H,7-11H2,1-2H3. The lowest BCUT2D eigenvalue weighted by Crippen LogP contribution is -2.38. The van der Waals surface area contributed by atoms with E-state index < -0.39 is 0 Å². The average Bonchev–Trinajstić information content (AvgIpc) is 2.35. The van der Waals surface area contributed by atoms with Gasteiger partial charge in [-0.25, -0.2) is 0 Å². The van der Waals surface area contributed by atoms with E-state index in [2.05, 4.69) is 36.2 Å². The molecule has 0 saturated carbocycles. The van der Waals surface area contributed by atoms with E-state index in [4.69, 9.17) is 4.74 Å². The summed E-state index contributed by atoms with van der Waals surface area (Å²) in [6.07, 6.45) is 3.69. The minimum absolute atomic E-state index is 0.685. The first-order chi connectivity index (χ1) is 7.81. The first kappa shape index (κ1) is 11.6. The Balaban J connectivity index is 1.97. The van der Waals surface area contributed by atoms with E-state index in [1.807, 2.05) is 0 Å². The summed E-state index contributed by atoms with van der Waals surface area (Å²) < 4.78 is 5.13. The van der Waals surface area contributed by atoms with E-state index in [1.165, 1.54) is 24.8 Å². The molecule has 0 bridgehead atoms. The van der Waals surface area contributed by atoms with Gasteiger partial charge in [0.2, 0.25) is 0 Å². The Kier molecular flexibility index (Phi) is 3.97. The van der Waals surface area contributed by atoms with Crippen LogP contribution in [0.15, 0.2) is 24.3 Å². The Bertz CT molecular complexity index is 337. The van der Waals surface area contributed by atoms with Gasteiger partial charge < -0.3 is 9.64 Å². The van der Waals surface area contributed by atoms with Crippen LogP contribution in [0.1, 0.15) is 17.5 Å². The van der Waals surface area contributed by atoms with Crippen LogP contribution in [0.3, 0.4) is 0 Å². The third-order valence-electron chi connectivity index (χ3n) is 3.59. The molecule has 0 spiro atoms. The van der Waals surface area contributed by atoms with Crippen LogP contribution in [-0.2, 0) is 17.6 Å². The van der Waals surface area contributed by atoms with Gasteiger partial charge >= 0.3 is 0 Å². The smallest absolute Gasteiger partial charge is 0.0589 e. The van der Waals surface area contributed by atoms with Gasteiger partial charge in [0.25, 0.3) is 0 Å². The first-order valence-electron chi connectivity index (χ1n) is 6.07. The molecule has 88 valence electrons. The number of nitrogens with zero attached hydrogens (tertiary/aromatic N) is 1. The highest BCUT2D eigenvalue weighted by atomic mass is 16.5. The summed E-state index contributed by atoms with van der Waals surface area (Å²) in [7, 11) is 3.97. The molecule has 2 nitrogen and oxygen atoms in total. The zero-order valence-electron chi connectivity index (χ0n) is 10.3. The lowest BCUT2D eigenvalue weighted by molar-refractivity contribution is 0.133. The third kappa shape index (κ3) is 2.63. The topological polar surface area (TPSA) is 12.5 Å². The molecule has 0 aliphatic heterocycles. The molecule has 0 fully saturated rings. The predicted octanol–water partition coefficient (Wildman–Crippen LogP) is 2.12. The number of methoxy groups -OCH3 is 1. The van der Waals surface area contributed by atoms with E-state index in [-0.39, 0.29) is 0 Å². The minimum Gasteiger partial charge on any atom is -0.383 e. The van der Waals surface area contributed by atoms with E-state index in [1.54, 1.807) is 12.7 Å². The minimum atomic E-state index is 0.685. The van der Waals surface area contributed by atoms with Gasteiger partial charge in [-0.3, -0.25) is 0 Å². The Labute approximate surface area is 98.2 Å². The molecule has 0 aromatic heterocycles. The molecule has 0 radical (unpaired) electrons. The second kappa shape index (κ2) is 5.46. The van der Waals surface area contributed by atoms with Gasteiger partial charge in [-0.15, -0.1) is 0 Å². The lowest BCUT2D eigenvalue weighted by Gasteiger charge is -2.32. The largest absolute Gasteiger partial charge is 0.383 e. The molecule has 1 aromatic carbocycles. The molecule has 0 heterocycles. The van der Waals surface area contributed by atoms with Crippen molar-refractivity contribution in [3.05, 3.63) is 35.4 Å². The fourth-order valence-electron chi connectivity index (χ4n) is 2.47. The molecule has 1 aliphatic carbocycles. The zero-order chi connectivity index (χ0) is 11.4. The maximum Gasteiger partial charge on any atom is 0.0589 e. The molecule has 1 aromatic rings. The van der Waals surface area contributed by atoms with Crippen molar-refractivity contribution >= 4 is 0 Å². The van der Waals surface area contributed by atoms with E-state index in [0.29, 0.717) is 6.04 Å². The fourth-order valence-corrected chi connectivity index (χ4v) is 2.47. The fraction of sp³-hybridized carbons (Fsp3) is 0.571. The van der Waals surface area contributed by atoms with Crippen LogP contribution in [0.25, 0.3) is 0 Å². The highest BCUT2D eigenvalue weighted by Gasteiger charge is 2.21. The number of fused-ring (bicyclic) bond motifs is 1. The van der Waals surface area contributed by atoms with Gasteiger partial charge in [-0.05, 0) is 37.4 Å². The Morgan fingerprint density at radius 3 is 2.81 bits per heavy atom. The Morgan fingerprint density at radius 1 is 1.31 bits per heavy atom. The molecule has 0 saturated heterocycles. The molecular formula is C14H21NO. The van der Waals surface area contributed by atoms with Crippen molar-refractivity contribution in [3.8, 4) is 0 Å². The van der Waals surface area contributed by atoms with Crippen LogP contribution in [0.4, 0.5) is 0 Å². The molecule has 1 atom stereocenters. The van der Waals surface area contributed by atoms with Crippen molar-refractivity contribution in [1.82, 2.24) is 4.90 Å². The molecule has 2 rings (SSSR count). The number of hydrogen-bond acceptors (Lipinski definition) is 2. The number of hydrogen-bond donors (Lipinski definition) is 0. The van der Waals surface area contributed by atoms with Gasteiger partial charge in [0.05, 0.1) is 6.61 Å². The Morgan fingerprint density at radius 2 is 2.06 bits per heavy atom. The van der Waals surface area contributed by atoms with E-state index >= 15 is 0 Å². The van der Waals surface area contributed by atoms with Crippen molar-refractivity contribution in [1.29, 1.82) is 0 Å². The maximum atomic E-state index is 5.13. The van der Waals surface area contributed by atoms with Crippen LogP contribution < -0.4 is 0 Å². The van der Waals surface area contributed by atoms with Crippen molar-refractivity contribution in [3.63, 3.8) is 0 Å². The van der Waals surface area contributed by atoms with Crippen molar-refractivity contribution in [2.75, 3.05) is 27.3 Å². The van der Waals surface area contributed by atoms with E-state index in [0.717, 1.165) is 13.2 Å². The summed E-state index contributed by atoms with van der Waals surface area (Å²) in [6.45, 7) is 1.86. The van der Waals surface area contributed by atoms with Crippen molar-refractivity contribution in [2.45, 2.75) is 25.3 Å². The quantitative estimate of drug-likeness (QED) is 0.769. The second-order valence-corrected chi connectivity index (χ2v) is 4.64. The number of ether oxygens (including phenoxy) is 1. The van der Waals surface area contributed by atoms with Gasteiger partial charge in [0.15, 0.2) is 0 Å². The molecule has 16 heavy (non-hydrogen) atoms. The second-order valence-electron chi connectivity index (χ2n) is 4.64. The highest BCUT2D eigenvalue weighted by molar-refractivity contribution is 5.30. The number of rotatable bonds is 4. The predicted molar refractivity (Wildman–Crippen MR) is 66.8 cm³/mol. The summed E-state index contributed by atoms with van der Waals surface area (Å²) in [4.78, 5) is 2.43. The van der Waals surface area contributed by atoms with Crippen LogP contribution in [-0.4, -0.2) is 38.3 Å². The Hall–Kier alpha value is -0.860. The summed E-state index contributed by atoms with van der Waals surface area (Å²) in [5.41, 5.74) is 3.07. The van der Waals surface area contributed by atoms with Crippen LogP contribution in [0.5, 0.6) is 0 Å². The lowest BCUT2D eigenvalue weighted by atomic mass is 9.88. The maximum absolute atomic E-state index is 5.13. The monoisotopic (exact) mass is 219 g/mol. The van der Waals surface area contributed by atoms with Gasteiger partial charge in [0.1, 0.15) is 0 Å². The van der Waals surface area contributed by atoms with Crippen LogP contribution in [0.2, 0.25) is 0 Å². The van der Waals surface area contributed by atoms with Gasteiger partial charge in [0, 0.05) is 19.7 Å². The van der Waals surface area contributed by atoms with Crippen molar-refractivity contribution < 1.29 is 4.74 Å². The van der Waals surface area contributed by atoms with Crippen molar-refractivity contribution in [2.24, 2.45) is 0 Å². The van der Waals surface area contributed by atoms with E-state index in [9.17, 15) is 0 Å². The third-order valence-corrected chi connectivity index (χ3v) is 3.59. The molecular weight excluding hydrogens is 198 g/mol. The molecule has 0 N–H and O–H groups in total. The first-order valence-corrected chi connectivity index (χ1v) is 6.07. The van der Waals surface area contributed by atoms with Crippen LogP contribution >= 0.6 is 0 Å². The molecule has 1 unspecified atom stereocenters. The molecule has 2 heteroatoms. The van der Waals surface area contributed by atoms with Crippen LogP contribution in [0, 0.1) is 0 Å².